The summed E-state index contributed by atoms with van der Waals surface area (Å²) in [6.07, 6.45) is 5.42. The zero-order chi connectivity index (χ0) is 16.8. The van der Waals surface area contributed by atoms with Crippen molar-refractivity contribution in [1.82, 2.24) is 20.0 Å². The third kappa shape index (κ3) is 4.65. The van der Waals surface area contributed by atoms with E-state index in [1.807, 2.05) is 0 Å². The number of likely N-dealkylation sites (tertiary alicyclic amines) is 1. The Kier molecular flexibility index (Phi) is 5.60. The molecule has 1 aliphatic rings. The van der Waals surface area contributed by atoms with Crippen molar-refractivity contribution in [3.05, 3.63) is 28.9 Å². The Hall–Kier alpha value is -2.19. The minimum Gasteiger partial charge on any atom is -0.492 e. The van der Waals surface area contributed by atoms with Gasteiger partial charge in [0.2, 0.25) is 5.82 Å². The van der Waals surface area contributed by atoms with Gasteiger partial charge in [-0.15, -0.1) is 0 Å². The molecule has 2 N–H and O–H groups in total. The molecule has 2 aromatic heterocycles. The molecule has 0 radical (unpaired) electrons. The van der Waals surface area contributed by atoms with Crippen LogP contribution in [0, 0.1) is 0 Å². The van der Waals surface area contributed by atoms with Gasteiger partial charge in [-0.05, 0) is 50.9 Å². The zero-order valence-electron chi connectivity index (χ0n) is 13.5. The van der Waals surface area contributed by atoms with Crippen LogP contribution in [0.3, 0.4) is 0 Å². The average Bonchev–Trinajstić information content (AvgIpc) is 3.02. The van der Waals surface area contributed by atoms with Crippen LogP contribution in [0.5, 0.6) is 5.75 Å². The summed E-state index contributed by atoms with van der Waals surface area (Å²) in [5, 5.41) is 13.2. The smallest absolute Gasteiger partial charge is 0.439 e. The number of hydrogen-bond acceptors (Lipinski definition) is 7. The van der Waals surface area contributed by atoms with E-state index in [4.69, 9.17) is 4.74 Å². The molecular formula is C16H22N4O4. The third-order valence-electron chi connectivity index (χ3n) is 4.04. The van der Waals surface area contributed by atoms with Crippen LogP contribution in [0.15, 0.2) is 27.6 Å². The standard InChI is InChI=1S/C16H22N4O4/c21-12-4-3-8-20(11-12)7-1-2-9-23-13-5-6-14(17-10-13)15-18-16(22)24-19-15/h5-6,10,12,21H,1-4,7-9,11H2,(H,18,19,22). The fraction of sp³-hybridized carbons (Fsp3) is 0.562. The number of aromatic amines is 1. The second kappa shape index (κ2) is 8.07. The summed E-state index contributed by atoms with van der Waals surface area (Å²) in [6, 6.07) is 3.51. The number of β-amino-alcohol motifs (C(OH)–C–C–N with tert-alkyl or cyclic N) is 1. The first-order valence-electron chi connectivity index (χ1n) is 8.26. The van der Waals surface area contributed by atoms with Crippen LogP contribution in [0.1, 0.15) is 25.7 Å². The van der Waals surface area contributed by atoms with Crippen LogP contribution < -0.4 is 10.5 Å². The van der Waals surface area contributed by atoms with Gasteiger partial charge >= 0.3 is 5.76 Å². The fourth-order valence-electron chi connectivity index (χ4n) is 2.81. The number of pyridine rings is 1. The molecule has 1 saturated heterocycles. The molecule has 0 amide bonds. The number of aliphatic hydroxyl groups is 1. The predicted octanol–water partition coefficient (Wildman–Crippen LogP) is 1.04. The summed E-state index contributed by atoms with van der Waals surface area (Å²) in [6.45, 7) is 3.49. The highest BCUT2D eigenvalue weighted by Crippen LogP contribution is 2.15. The van der Waals surface area contributed by atoms with Crippen LogP contribution in [0.2, 0.25) is 0 Å². The van der Waals surface area contributed by atoms with Crippen molar-refractivity contribution in [3.63, 3.8) is 0 Å². The summed E-state index contributed by atoms with van der Waals surface area (Å²) in [7, 11) is 0. The van der Waals surface area contributed by atoms with Gasteiger partial charge in [0.05, 0.1) is 18.9 Å². The molecule has 8 nitrogen and oxygen atoms in total. The molecule has 0 saturated carbocycles. The normalized spacial score (nSPS) is 18.6. The highest BCUT2D eigenvalue weighted by molar-refractivity contribution is 5.48. The first kappa shape index (κ1) is 16.7. The van der Waals surface area contributed by atoms with Gasteiger partial charge in [0.15, 0.2) is 0 Å². The number of ether oxygens (including phenoxy) is 1. The second-order valence-electron chi connectivity index (χ2n) is 5.98. The maximum Gasteiger partial charge on any atom is 0.439 e. The van der Waals surface area contributed by atoms with Gasteiger partial charge in [0, 0.05) is 6.54 Å². The molecule has 1 atom stereocenters. The Labute approximate surface area is 139 Å². The highest BCUT2D eigenvalue weighted by Gasteiger charge is 2.16. The number of rotatable bonds is 7. The minimum atomic E-state index is -0.603. The van der Waals surface area contributed by atoms with Crippen molar-refractivity contribution in [2.24, 2.45) is 0 Å². The predicted molar refractivity (Wildman–Crippen MR) is 86.8 cm³/mol. The van der Waals surface area contributed by atoms with Crippen molar-refractivity contribution < 1.29 is 14.4 Å². The molecule has 1 fully saturated rings. The number of H-pyrrole nitrogens is 1. The summed E-state index contributed by atoms with van der Waals surface area (Å²) in [5.41, 5.74) is 0.525. The van der Waals surface area contributed by atoms with Gasteiger partial charge in [-0.3, -0.25) is 9.51 Å². The van der Waals surface area contributed by atoms with Crippen molar-refractivity contribution >= 4 is 0 Å². The molecule has 3 rings (SSSR count). The molecule has 1 unspecified atom stereocenters. The molecule has 24 heavy (non-hydrogen) atoms. The topological polar surface area (TPSA) is 104 Å². The Balaban J connectivity index is 1.37. The minimum absolute atomic E-state index is 0.167. The van der Waals surface area contributed by atoms with E-state index in [-0.39, 0.29) is 6.10 Å². The Bertz CT molecular complexity index is 682. The van der Waals surface area contributed by atoms with Gasteiger partial charge < -0.3 is 14.7 Å². The molecule has 3 heterocycles. The Morgan fingerprint density at radius 2 is 2.33 bits per heavy atom. The average molecular weight is 334 g/mol. The molecule has 8 heteroatoms. The number of unbranched alkanes of at least 4 members (excludes halogenated alkanes) is 1. The van der Waals surface area contributed by atoms with E-state index in [1.54, 1.807) is 18.3 Å². The highest BCUT2D eigenvalue weighted by atomic mass is 16.5. The van der Waals surface area contributed by atoms with Crippen LogP contribution in [-0.4, -0.2) is 57.5 Å². The van der Waals surface area contributed by atoms with Gasteiger partial charge in [-0.25, -0.2) is 9.78 Å². The monoisotopic (exact) mass is 334 g/mol. The first-order chi connectivity index (χ1) is 11.7. The van der Waals surface area contributed by atoms with Crippen LogP contribution >= 0.6 is 0 Å². The van der Waals surface area contributed by atoms with Gasteiger partial charge in [0.25, 0.3) is 0 Å². The summed E-state index contributed by atoms with van der Waals surface area (Å²) >= 11 is 0. The van der Waals surface area contributed by atoms with E-state index >= 15 is 0 Å². The molecule has 2 aromatic rings. The lowest BCUT2D eigenvalue weighted by molar-refractivity contribution is 0.0693. The number of aliphatic hydroxyl groups excluding tert-OH is 1. The molecule has 0 bridgehead atoms. The van der Waals surface area contributed by atoms with E-state index < -0.39 is 5.76 Å². The largest absolute Gasteiger partial charge is 0.492 e. The number of hydrogen-bond donors (Lipinski definition) is 2. The number of piperidine rings is 1. The Morgan fingerprint density at radius 3 is 3.04 bits per heavy atom. The van der Waals surface area contributed by atoms with Crippen molar-refractivity contribution in [3.8, 4) is 17.3 Å². The lowest BCUT2D eigenvalue weighted by Crippen LogP contribution is -2.38. The van der Waals surface area contributed by atoms with Gasteiger partial charge in [0.1, 0.15) is 11.4 Å². The number of nitrogens with zero attached hydrogens (tertiary/aromatic N) is 3. The van der Waals surface area contributed by atoms with Crippen LogP contribution in [0.25, 0.3) is 11.5 Å². The summed E-state index contributed by atoms with van der Waals surface area (Å²) in [4.78, 5) is 19.9. The summed E-state index contributed by atoms with van der Waals surface area (Å²) in [5.74, 6) is 0.376. The zero-order valence-corrected chi connectivity index (χ0v) is 13.5. The van der Waals surface area contributed by atoms with Crippen LogP contribution in [-0.2, 0) is 0 Å². The second-order valence-corrected chi connectivity index (χ2v) is 5.98. The van der Waals surface area contributed by atoms with E-state index in [9.17, 15) is 9.90 Å². The van der Waals surface area contributed by atoms with E-state index in [0.717, 1.165) is 45.3 Å². The van der Waals surface area contributed by atoms with Crippen molar-refractivity contribution in [1.29, 1.82) is 0 Å². The van der Waals surface area contributed by atoms with E-state index in [1.165, 1.54) is 0 Å². The fourth-order valence-corrected chi connectivity index (χ4v) is 2.81. The number of nitrogens with one attached hydrogen (secondary N) is 1. The quantitative estimate of drug-likeness (QED) is 0.729. The molecule has 0 aromatic carbocycles. The first-order valence-corrected chi connectivity index (χ1v) is 8.26. The molecule has 0 spiro atoms. The third-order valence-corrected chi connectivity index (χ3v) is 4.04. The van der Waals surface area contributed by atoms with Gasteiger partial charge in [-0.2, -0.15) is 0 Å². The SMILES string of the molecule is O=c1[nH]c(-c2ccc(OCCCCN3CCCC(O)C3)cn2)no1. The van der Waals surface area contributed by atoms with Crippen molar-refractivity contribution in [2.75, 3.05) is 26.2 Å². The maximum atomic E-state index is 10.9. The molecule has 0 aliphatic carbocycles. The molecule has 1 aliphatic heterocycles. The Morgan fingerprint density at radius 1 is 1.42 bits per heavy atom. The lowest BCUT2D eigenvalue weighted by Gasteiger charge is -2.29. The van der Waals surface area contributed by atoms with Gasteiger partial charge in [-0.1, -0.05) is 5.16 Å². The molecule has 130 valence electrons. The molecular weight excluding hydrogens is 312 g/mol. The van der Waals surface area contributed by atoms with Crippen molar-refractivity contribution in [2.45, 2.75) is 31.8 Å². The van der Waals surface area contributed by atoms with Crippen LogP contribution in [0.4, 0.5) is 0 Å². The number of aromatic nitrogens is 3. The maximum absolute atomic E-state index is 10.9. The van der Waals surface area contributed by atoms with E-state index in [0.29, 0.717) is 23.9 Å². The lowest BCUT2D eigenvalue weighted by atomic mass is 10.1. The van der Waals surface area contributed by atoms with E-state index in [2.05, 4.69) is 24.5 Å². The summed E-state index contributed by atoms with van der Waals surface area (Å²) < 4.78 is 10.1.